The van der Waals surface area contributed by atoms with Gasteiger partial charge in [-0.3, -0.25) is 14.5 Å². The Bertz CT molecular complexity index is 1440. The van der Waals surface area contributed by atoms with Crippen LogP contribution in [-0.4, -0.2) is 50.7 Å². The number of carbonyl (C=O) groups is 2. The number of fused-ring (bicyclic) bond motifs is 1. The molecule has 1 atom stereocenters. The average Bonchev–Trinajstić information content (AvgIpc) is 3.21. The summed E-state index contributed by atoms with van der Waals surface area (Å²) in [6.45, 7) is 5.32. The summed E-state index contributed by atoms with van der Waals surface area (Å²) in [6, 6.07) is 17.1. The highest BCUT2D eigenvalue weighted by atomic mass is 16.6. The van der Waals surface area contributed by atoms with Gasteiger partial charge in [-0.1, -0.05) is 19.1 Å². The molecule has 8 nitrogen and oxygen atoms in total. The lowest BCUT2D eigenvalue weighted by Crippen LogP contribution is -2.29. The quantitative estimate of drug-likeness (QED) is 0.255. The molecule has 2 heterocycles. The smallest absolute Gasteiger partial charge is 0.300 e. The van der Waals surface area contributed by atoms with Crippen molar-refractivity contribution < 1.29 is 28.9 Å². The first-order valence-electron chi connectivity index (χ1n) is 13.0. The molecule has 3 aromatic carbocycles. The molecule has 2 aliphatic rings. The summed E-state index contributed by atoms with van der Waals surface area (Å²) in [5.74, 6) is 0.0683. The number of benzene rings is 3. The molecule has 5 rings (SSSR count). The van der Waals surface area contributed by atoms with Crippen LogP contribution in [0.3, 0.4) is 0 Å². The molecule has 8 heteroatoms. The van der Waals surface area contributed by atoms with Crippen molar-refractivity contribution in [1.82, 2.24) is 0 Å². The highest BCUT2D eigenvalue weighted by Crippen LogP contribution is 2.45. The number of amides is 1. The number of nitrogens with zero attached hydrogens (tertiary/aromatic N) is 2. The largest absolute Gasteiger partial charge is 0.507 e. The summed E-state index contributed by atoms with van der Waals surface area (Å²) in [4.78, 5) is 30.5. The summed E-state index contributed by atoms with van der Waals surface area (Å²) < 4.78 is 17.1. The van der Waals surface area contributed by atoms with Crippen LogP contribution in [0.4, 0.5) is 11.4 Å². The van der Waals surface area contributed by atoms with Crippen molar-refractivity contribution in [3.63, 3.8) is 0 Å². The normalized spacial score (nSPS) is 17.8. The number of ether oxygens (including phenoxy) is 3. The lowest BCUT2D eigenvalue weighted by Gasteiger charge is -2.27. The van der Waals surface area contributed by atoms with Gasteiger partial charge in [-0.25, -0.2) is 0 Å². The molecule has 1 saturated heterocycles. The SMILES string of the molecule is CCCOc1ccc(/C(O)=C2\C(=O)C(=O)N(c3ccc4c(c3)OCCO4)C2c2ccc(N(C)C)cc2)cc1C. The summed E-state index contributed by atoms with van der Waals surface area (Å²) in [6.07, 6.45) is 0.872. The van der Waals surface area contributed by atoms with E-state index in [9.17, 15) is 14.7 Å². The third-order valence-corrected chi connectivity index (χ3v) is 6.88. The molecular weight excluding hydrogens is 496 g/mol. The minimum Gasteiger partial charge on any atom is -0.507 e. The minimum absolute atomic E-state index is 0.0223. The Morgan fingerprint density at radius 2 is 1.72 bits per heavy atom. The zero-order chi connectivity index (χ0) is 27.7. The number of anilines is 2. The van der Waals surface area contributed by atoms with Crippen molar-refractivity contribution in [3.8, 4) is 17.2 Å². The van der Waals surface area contributed by atoms with Gasteiger partial charge in [0.25, 0.3) is 11.7 Å². The Hall–Kier alpha value is -4.46. The van der Waals surface area contributed by atoms with Gasteiger partial charge in [0.15, 0.2) is 11.5 Å². The molecule has 0 saturated carbocycles. The molecule has 0 aromatic heterocycles. The van der Waals surface area contributed by atoms with Gasteiger partial charge in [-0.2, -0.15) is 0 Å². The van der Waals surface area contributed by atoms with Crippen LogP contribution < -0.4 is 24.0 Å². The van der Waals surface area contributed by atoms with Gasteiger partial charge in [0.05, 0.1) is 18.2 Å². The summed E-state index contributed by atoms with van der Waals surface area (Å²) in [5.41, 5.74) is 3.41. The molecule has 1 N–H and O–H groups in total. The third-order valence-electron chi connectivity index (χ3n) is 6.88. The van der Waals surface area contributed by atoms with Crippen molar-refractivity contribution in [3.05, 3.63) is 82.9 Å². The first-order chi connectivity index (χ1) is 18.8. The minimum atomic E-state index is -0.847. The fourth-order valence-electron chi connectivity index (χ4n) is 4.88. The Morgan fingerprint density at radius 3 is 2.38 bits per heavy atom. The first-order valence-corrected chi connectivity index (χ1v) is 13.0. The molecule has 0 spiro atoms. The lowest BCUT2D eigenvalue weighted by atomic mass is 9.94. The van der Waals surface area contributed by atoms with E-state index in [1.54, 1.807) is 36.4 Å². The third kappa shape index (κ3) is 4.90. The van der Waals surface area contributed by atoms with Crippen LogP contribution in [-0.2, 0) is 9.59 Å². The van der Waals surface area contributed by atoms with Gasteiger partial charge in [0.2, 0.25) is 0 Å². The zero-order valence-electron chi connectivity index (χ0n) is 22.6. The van der Waals surface area contributed by atoms with Gasteiger partial charge in [-0.15, -0.1) is 0 Å². The van der Waals surface area contributed by atoms with Gasteiger partial charge < -0.3 is 24.2 Å². The summed E-state index contributed by atoms with van der Waals surface area (Å²) in [5, 5.41) is 11.5. The Labute approximate surface area is 228 Å². The molecule has 202 valence electrons. The second-order valence-electron chi connectivity index (χ2n) is 9.81. The van der Waals surface area contributed by atoms with E-state index >= 15 is 0 Å². The van der Waals surface area contributed by atoms with Gasteiger partial charge in [0, 0.05) is 37.1 Å². The maximum Gasteiger partial charge on any atom is 0.300 e. The van der Waals surface area contributed by atoms with E-state index in [0.717, 1.165) is 17.7 Å². The van der Waals surface area contributed by atoms with E-state index < -0.39 is 17.7 Å². The molecule has 2 aliphatic heterocycles. The lowest BCUT2D eigenvalue weighted by molar-refractivity contribution is -0.132. The average molecular weight is 529 g/mol. The Kier molecular flexibility index (Phi) is 7.19. The van der Waals surface area contributed by atoms with Crippen LogP contribution in [0.15, 0.2) is 66.2 Å². The summed E-state index contributed by atoms with van der Waals surface area (Å²) >= 11 is 0. The fourth-order valence-corrected chi connectivity index (χ4v) is 4.88. The molecular formula is C31H32N2O6. The van der Waals surface area contributed by atoms with E-state index in [1.165, 1.54) is 4.90 Å². The van der Waals surface area contributed by atoms with Crippen LogP contribution >= 0.6 is 0 Å². The van der Waals surface area contributed by atoms with Crippen molar-refractivity contribution in [2.24, 2.45) is 0 Å². The highest BCUT2D eigenvalue weighted by Gasteiger charge is 2.47. The van der Waals surface area contributed by atoms with E-state index in [1.807, 2.05) is 57.1 Å². The number of aliphatic hydroxyl groups excluding tert-OH is 1. The van der Waals surface area contributed by atoms with Crippen LogP contribution in [0.1, 0.15) is 36.1 Å². The number of hydrogen-bond acceptors (Lipinski definition) is 7. The second kappa shape index (κ2) is 10.7. The first kappa shape index (κ1) is 26.2. The van der Waals surface area contributed by atoms with Gasteiger partial charge in [0.1, 0.15) is 24.7 Å². The van der Waals surface area contributed by atoms with Gasteiger partial charge in [-0.05, 0) is 66.9 Å². The van der Waals surface area contributed by atoms with Crippen molar-refractivity contribution in [2.45, 2.75) is 26.3 Å². The van der Waals surface area contributed by atoms with E-state index in [4.69, 9.17) is 14.2 Å². The topological polar surface area (TPSA) is 88.5 Å². The predicted octanol–water partition coefficient (Wildman–Crippen LogP) is 5.25. The van der Waals surface area contributed by atoms with Crippen LogP contribution in [0.25, 0.3) is 5.76 Å². The molecule has 39 heavy (non-hydrogen) atoms. The number of aryl methyl sites for hydroxylation is 1. The monoisotopic (exact) mass is 528 g/mol. The van der Waals surface area contributed by atoms with E-state index in [2.05, 4.69) is 0 Å². The number of rotatable bonds is 7. The van der Waals surface area contributed by atoms with Gasteiger partial charge >= 0.3 is 0 Å². The Balaban J connectivity index is 1.64. The number of carbonyl (C=O) groups excluding carboxylic acids is 2. The molecule has 1 unspecified atom stereocenters. The number of Topliss-reactive ketones (excluding diaryl/α,β-unsaturated/α-hetero) is 1. The Morgan fingerprint density at radius 1 is 1.00 bits per heavy atom. The molecule has 0 aliphatic carbocycles. The molecule has 1 amide bonds. The van der Waals surface area contributed by atoms with Crippen molar-refractivity contribution in [2.75, 3.05) is 43.7 Å². The predicted molar refractivity (Wildman–Crippen MR) is 150 cm³/mol. The van der Waals surface area contributed by atoms with Crippen molar-refractivity contribution in [1.29, 1.82) is 0 Å². The molecule has 1 fully saturated rings. The zero-order valence-corrected chi connectivity index (χ0v) is 22.6. The maximum absolute atomic E-state index is 13.5. The number of hydrogen-bond donors (Lipinski definition) is 1. The van der Waals surface area contributed by atoms with Crippen LogP contribution in [0.5, 0.6) is 17.2 Å². The van der Waals surface area contributed by atoms with Crippen LogP contribution in [0, 0.1) is 6.92 Å². The number of ketones is 1. The molecule has 0 bridgehead atoms. The summed E-state index contributed by atoms with van der Waals surface area (Å²) in [7, 11) is 3.87. The maximum atomic E-state index is 13.5. The fraction of sp³-hybridized carbons (Fsp3) is 0.290. The molecule has 3 aromatic rings. The molecule has 0 radical (unpaired) electrons. The highest BCUT2D eigenvalue weighted by molar-refractivity contribution is 6.51. The van der Waals surface area contributed by atoms with Crippen LogP contribution in [0.2, 0.25) is 0 Å². The standard InChI is InChI=1S/C31H32N2O6/c1-5-14-37-24-12-8-21(17-19(24)2)29(34)27-28(20-6-9-22(10-7-20)32(3)4)33(31(36)30(27)35)23-11-13-25-26(18-23)39-16-15-38-25/h6-13,17-18,28,34H,5,14-16H2,1-4H3/b29-27+. The van der Waals surface area contributed by atoms with E-state index in [0.29, 0.717) is 53.9 Å². The van der Waals surface area contributed by atoms with Crippen molar-refractivity contribution >= 4 is 28.8 Å². The second-order valence-corrected chi connectivity index (χ2v) is 9.81. The van der Waals surface area contributed by atoms with E-state index in [-0.39, 0.29) is 11.3 Å². The number of aliphatic hydroxyl groups is 1.